The highest BCUT2D eigenvalue weighted by molar-refractivity contribution is 14.1. The van der Waals surface area contributed by atoms with E-state index in [-0.39, 0.29) is 0 Å². The van der Waals surface area contributed by atoms with Gasteiger partial charge in [0.05, 0.1) is 5.39 Å². The lowest BCUT2D eigenvalue weighted by Crippen LogP contribution is -2.04. The smallest absolute Gasteiger partial charge is 0.232 e. The van der Waals surface area contributed by atoms with Crippen LogP contribution in [0.15, 0.2) is 35.7 Å². The Hall–Kier alpha value is -1.41. The largest absolute Gasteiger partial charge is 0.438 e. The quantitative estimate of drug-likeness (QED) is 0.607. The second-order valence-electron chi connectivity index (χ2n) is 4.47. The van der Waals surface area contributed by atoms with Gasteiger partial charge < -0.3 is 10.1 Å². The number of rotatable bonds is 5. The molecule has 3 aromatic rings. The summed E-state index contributed by atoms with van der Waals surface area (Å²) in [5, 5.41) is 6.16. The van der Waals surface area contributed by atoms with E-state index in [1.165, 1.54) is 3.57 Å². The number of aromatic nitrogens is 2. The van der Waals surface area contributed by atoms with Crippen LogP contribution in [0.25, 0.3) is 10.2 Å². The van der Waals surface area contributed by atoms with Crippen LogP contribution < -0.4 is 10.1 Å². The molecule has 1 aromatic carbocycles. The molecule has 0 aliphatic carbocycles. The molecule has 0 saturated heterocycles. The van der Waals surface area contributed by atoms with Crippen LogP contribution >= 0.6 is 33.9 Å². The highest BCUT2D eigenvalue weighted by Crippen LogP contribution is 2.31. The molecule has 3 rings (SSSR count). The lowest BCUT2D eigenvalue weighted by molar-refractivity contribution is 0.469. The van der Waals surface area contributed by atoms with Gasteiger partial charge >= 0.3 is 0 Å². The minimum Gasteiger partial charge on any atom is -0.438 e. The van der Waals surface area contributed by atoms with E-state index in [2.05, 4.69) is 44.8 Å². The lowest BCUT2D eigenvalue weighted by Gasteiger charge is -2.09. The topological polar surface area (TPSA) is 47.0 Å². The van der Waals surface area contributed by atoms with E-state index < -0.39 is 0 Å². The van der Waals surface area contributed by atoms with E-state index in [0.717, 1.165) is 28.9 Å². The number of nitrogens with one attached hydrogen (secondary N) is 1. The highest BCUT2D eigenvalue weighted by Gasteiger charge is 2.10. The molecule has 0 aliphatic rings. The average Bonchev–Trinajstić information content (AvgIpc) is 2.96. The van der Waals surface area contributed by atoms with E-state index in [0.29, 0.717) is 11.8 Å². The second kappa shape index (κ2) is 6.57. The fourth-order valence-electron chi connectivity index (χ4n) is 1.84. The third-order valence-corrected chi connectivity index (χ3v) is 4.38. The molecule has 1 N–H and O–H groups in total. The normalized spacial score (nSPS) is 10.8. The third kappa shape index (κ3) is 3.44. The Morgan fingerprint density at radius 3 is 2.76 bits per heavy atom. The molecule has 0 bridgehead atoms. The second-order valence-corrected chi connectivity index (χ2v) is 6.61. The van der Waals surface area contributed by atoms with E-state index >= 15 is 0 Å². The van der Waals surface area contributed by atoms with E-state index in [4.69, 9.17) is 4.74 Å². The van der Waals surface area contributed by atoms with Crippen molar-refractivity contribution in [2.24, 2.45) is 0 Å². The summed E-state index contributed by atoms with van der Waals surface area (Å²) in [4.78, 5) is 9.93. The zero-order valence-electron chi connectivity index (χ0n) is 11.5. The van der Waals surface area contributed by atoms with Crippen molar-refractivity contribution in [2.75, 3.05) is 11.9 Å². The number of fused-ring (bicyclic) bond motifs is 1. The predicted octanol–water partition coefficient (Wildman–Crippen LogP) is 4.91. The molecular weight excluding hydrogens is 397 g/mol. The zero-order valence-corrected chi connectivity index (χ0v) is 14.4. The third-order valence-electron chi connectivity index (χ3n) is 2.85. The maximum atomic E-state index is 5.94. The average molecular weight is 411 g/mol. The van der Waals surface area contributed by atoms with Gasteiger partial charge in [-0.15, -0.1) is 11.3 Å². The fourth-order valence-corrected chi connectivity index (χ4v) is 2.95. The summed E-state index contributed by atoms with van der Waals surface area (Å²) in [6, 6.07) is 9.91. The Balaban J connectivity index is 1.95. The summed E-state index contributed by atoms with van der Waals surface area (Å²) in [5.41, 5.74) is 0. The molecule has 21 heavy (non-hydrogen) atoms. The van der Waals surface area contributed by atoms with Crippen LogP contribution in [0, 0.1) is 3.57 Å². The molecule has 0 unspecified atom stereocenters. The van der Waals surface area contributed by atoms with Crippen molar-refractivity contribution in [3.63, 3.8) is 0 Å². The van der Waals surface area contributed by atoms with Gasteiger partial charge in [-0.3, -0.25) is 0 Å². The van der Waals surface area contributed by atoms with Crippen LogP contribution in [0.5, 0.6) is 11.6 Å². The van der Waals surface area contributed by atoms with Gasteiger partial charge in [0.2, 0.25) is 11.8 Å². The van der Waals surface area contributed by atoms with Crippen molar-refractivity contribution in [3.05, 3.63) is 39.3 Å². The van der Waals surface area contributed by atoms with Gasteiger partial charge in [0.15, 0.2) is 0 Å². The molecule has 108 valence electrons. The molecule has 4 nitrogen and oxygen atoms in total. The number of ether oxygens (including phenoxy) is 1. The molecule has 0 spiro atoms. The molecule has 0 atom stereocenters. The van der Waals surface area contributed by atoms with Gasteiger partial charge in [0.1, 0.15) is 10.6 Å². The van der Waals surface area contributed by atoms with Gasteiger partial charge in [-0.05, 0) is 64.7 Å². The van der Waals surface area contributed by atoms with Crippen molar-refractivity contribution < 1.29 is 4.74 Å². The maximum Gasteiger partial charge on any atom is 0.232 e. The summed E-state index contributed by atoms with van der Waals surface area (Å²) in [6.07, 6.45) is 1.03. The van der Waals surface area contributed by atoms with Gasteiger partial charge in [0, 0.05) is 10.1 Å². The lowest BCUT2D eigenvalue weighted by atomic mass is 10.3. The number of hydrogen-bond donors (Lipinski definition) is 1. The number of nitrogens with zero attached hydrogens (tertiary/aromatic N) is 2. The molecular formula is C15H14IN3OS. The Morgan fingerprint density at radius 1 is 1.19 bits per heavy atom. The number of benzene rings is 1. The van der Waals surface area contributed by atoms with E-state index in [1.54, 1.807) is 11.3 Å². The Kier molecular flexibility index (Phi) is 4.54. The van der Waals surface area contributed by atoms with Gasteiger partial charge in [-0.25, -0.2) is 4.98 Å². The maximum absolute atomic E-state index is 5.94. The molecule has 0 aliphatic heterocycles. The van der Waals surface area contributed by atoms with Crippen molar-refractivity contribution in [2.45, 2.75) is 13.3 Å². The Labute approximate surface area is 140 Å². The number of hydrogen-bond acceptors (Lipinski definition) is 5. The first-order valence-corrected chi connectivity index (χ1v) is 8.64. The van der Waals surface area contributed by atoms with E-state index in [9.17, 15) is 0 Å². The Bertz CT molecular complexity index is 742. The van der Waals surface area contributed by atoms with Crippen LogP contribution in [-0.4, -0.2) is 16.5 Å². The monoisotopic (exact) mass is 411 g/mol. The molecule has 6 heteroatoms. The first-order chi connectivity index (χ1) is 10.3. The van der Waals surface area contributed by atoms with Crippen LogP contribution in [0.1, 0.15) is 13.3 Å². The van der Waals surface area contributed by atoms with Crippen LogP contribution in [0.2, 0.25) is 0 Å². The van der Waals surface area contributed by atoms with Crippen LogP contribution in [-0.2, 0) is 0 Å². The van der Waals surface area contributed by atoms with Crippen molar-refractivity contribution in [1.82, 2.24) is 9.97 Å². The molecule has 2 aromatic heterocycles. The number of halogens is 1. The minimum absolute atomic E-state index is 0.598. The predicted molar refractivity (Wildman–Crippen MR) is 95.4 cm³/mol. The van der Waals surface area contributed by atoms with Crippen molar-refractivity contribution >= 4 is 50.1 Å². The standard InChI is InChI=1S/C15H14IN3OS/c1-2-8-17-15-18-13(12-7-9-21-14(12)19-15)20-11-5-3-10(16)4-6-11/h3-7,9H,2,8H2,1H3,(H,17,18,19). The van der Waals surface area contributed by atoms with Crippen molar-refractivity contribution in [1.29, 1.82) is 0 Å². The van der Waals surface area contributed by atoms with Gasteiger partial charge in [-0.2, -0.15) is 4.98 Å². The highest BCUT2D eigenvalue weighted by atomic mass is 127. The van der Waals surface area contributed by atoms with Crippen LogP contribution in [0.3, 0.4) is 0 Å². The SMILES string of the molecule is CCCNc1nc(Oc2ccc(I)cc2)c2ccsc2n1. The van der Waals surface area contributed by atoms with Crippen LogP contribution in [0.4, 0.5) is 5.95 Å². The van der Waals surface area contributed by atoms with Crippen molar-refractivity contribution in [3.8, 4) is 11.6 Å². The van der Waals surface area contributed by atoms with Gasteiger partial charge in [-0.1, -0.05) is 6.92 Å². The molecule has 2 heterocycles. The summed E-state index contributed by atoms with van der Waals surface area (Å²) < 4.78 is 7.11. The zero-order chi connectivity index (χ0) is 14.7. The first kappa shape index (κ1) is 14.5. The number of thiophene rings is 1. The minimum atomic E-state index is 0.598. The molecule has 0 fully saturated rings. The first-order valence-electron chi connectivity index (χ1n) is 6.69. The van der Waals surface area contributed by atoms with E-state index in [1.807, 2.05) is 35.7 Å². The van der Waals surface area contributed by atoms with Gasteiger partial charge in [0.25, 0.3) is 0 Å². The summed E-state index contributed by atoms with van der Waals surface area (Å²) in [5.74, 6) is 2.00. The summed E-state index contributed by atoms with van der Waals surface area (Å²) in [7, 11) is 0. The number of anilines is 1. The molecule has 0 amide bonds. The summed E-state index contributed by atoms with van der Waals surface area (Å²) in [6.45, 7) is 2.96. The molecule has 0 radical (unpaired) electrons. The fraction of sp³-hybridized carbons (Fsp3) is 0.200. The molecule has 0 saturated carbocycles. The summed E-state index contributed by atoms with van der Waals surface area (Å²) >= 11 is 3.86. The Morgan fingerprint density at radius 2 is 2.00 bits per heavy atom.